The van der Waals surface area contributed by atoms with E-state index in [1.807, 2.05) is 24.2 Å². The Labute approximate surface area is 121 Å². The standard InChI is InChI=1S/C14H26N4S/c1-5-7-15-8-12-9-16-14(17-10-12)18(3)13(6-2)11-19-4/h9-10,13,15H,5-8,11H2,1-4H3. The fraction of sp³-hybridized carbons (Fsp3) is 0.714. The average molecular weight is 282 g/mol. The van der Waals surface area contributed by atoms with Gasteiger partial charge in [0.15, 0.2) is 0 Å². The highest BCUT2D eigenvalue weighted by molar-refractivity contribution is 7.98. The molecule has 0 aromatic carbocycles. The molecule has 1 unspecified atom stereocenters. The topological polar surface area (TPSA) is 41.1 Å². The van der Waals surface area contributed by atoms with E-state index in [-0.39, 0.29) is 0 Å². The highest BCUT2D eigenvalue weighted by Gasteiger charge is 2.14. The van der Waals surface area contributed by atoms with Crippen LogP contribution in [0.1, 0.15) is 32.3 Å². The first-order valence-corrected chi connectivity index (χ1v) is 8.35. The van der Waals surface area contributed by atoms with Crippen molar-refractivity contribution in [2.24, 2.45) is 0 Å². The molecular formula is C14H26N4S. The summed E-state index contributed by atoms with van der Waals surface area (Å²) in [6, 6.07) is 0.499. The van der Waals surface area contributed by atoms with Crippen LogP contribution in [0.25, 0.3) is 0 Å². The van der Waals surface area contributed by atoms with Gasteiger partial charge in [0.1, 0.15) is 0 Å². The second-order valence-corrected chi connectivity index (χ2v) is 5.61. The number of thioether (sulfide) groups is 1. The van der Waals surface area contributed by atoms with Crippen LogP contribution in [0, 0.1) is 0 Å². The average Bonchev–Trinajstić information content (AvgIpc) is 2.45. The minimum absolute atomic E-state index is 0.499. The Morgan fingerprint density at radius 2 is 2.00 bits per heavy atom. The molecule has 1 atom stereocenters. The molecule has 1 aromatic rings. The Kier molecular flexibility index (Phi) is 7.82. The van der Waals surface area contributed by atoms with Gasteiger partial charge in [-0.05, 0) is 25.6 Å². The van der Waals surface area contributed by atoms with Gasteiger partial charge in [-0.15, -0.1) is 0 Å². The molecule has 0 aliphatic carbocycles. The number of hydrogen-bond donors (Lipinski definition) is 1. The lowest BCUT2D eigenvalue weighted by molar-refractivity contribution is 0.650. The van der Waals surface area contributed by atoms with Crippen molar-refractivity contribution >= 4 is 17.7 Å². The van der Waals surface area contributed by atoms with Crippen molar-refractivity contribution in [1.82, 2.24) is 15.3 Å². The predicted octanol–water partition coefficient (Wildman–Crippen LogP) is 2.55. The largest absolute Gasteiger partial charge is 0.340 e. The van der Waals surface area contributed by atoms with Crippen molar-refractivity contribution in [3.05, 3.63) is 18.0 Å². The summed E-state index contributed by atoms with van der Waals surface area (Å²) >= 11 is 1.87. The molecule has 0 radical (unpaired) electrons. The van der Waals surface area contributed by atoms with Crippen molar-refractivity contribution in [2.75, 3.05) is 30.5 Å². The Morgan fingerprint density at radius 3 is 2.53 bits per heavy atom. The molecule has 1 aromatic heterocycles. The van der Waals surface area contributed by atoms with Crippen LogP contribution in [0.2, 0.25) is 0 Å². The van der Waals surface area contributed by atoms with E-state index in [1.165, 1.54) is 0 Å². The Balaban J connectivity index is 2.58. The van der Waals surface area contributed by atoms with Crippen LogP contribution in [0.3, 0.4) is 0 Å². The van der Waals surface area contributed by atoms with Crippen molar-refractivity contribution in [2.45, 2.75) is 39.3 Å². The van der Waals surface area contributed by atoms with E-state index in [2.05, 4.69) is 47.3 Å². The van der Waals surface area contributed by atoms with Gasteiger partial charge in [-0.1, -0.05) is 13.8 Å². The Bertz CT molecular complexity index is 342. The van der Waals surface area contributed by atoms with Gasteiger partial charge in [-0.25, -0.2) is 9.97 Å². The quantitative estimate of drug-likeness (QED) is 0.705. The first kappa shape index (κ1) is 16.2. The van der Waals surface area contributed by atoms with Gasteiger partial charge >= 0.3 is 0 Å². The summed E-state index contributed by atoms with van der Waals surface area (Å²) in [6.07, 6.45) is 8.25. The van der Waals surface area contributed by atoms with Gasteiger partial charge in [-0.2, -0.15) is 11.8 Å². The third-order valence-electron chi connectivity index (χ3n) is 3.14. The molecule has 108 valence electrons. The molecular weight excluding hydrogens is 256 g/mol. The number of hydrogen-bond acceptors (Lipinski definition) is 5. The lowest BCUT2D eigenvalue weighted by Crippen LogP contribution is -2.34. The molecule has 1 rings (SSSR count). The summed E-state index contributed by atoms with van der Waals surface area (Å²) in [7, 11) is 2.08. The molecule has 0 fully saturated rings. The second-order valence-electron chi connectivity index (χ2n) is 4.70. The molecule has 0 spiro atoms. The maximum absolute atomic E-state index is 4.47. The SMILES string of the molecule is CCCNCc1cnc(N(C)C(CC)CSC)nc1. The normalized spacial score (nSPS) is 12.4. The van der Waals surface area contributed by atoms with Crippen molar-refractivity contribution in [1.29, 1.82) is 0 Å². The zero-order valence-corrected chi connectivity index (χ0v) is 13.3. The van der Waals surface area contributed by atoms with Crippen LogP contribution < -0.4 is 10.2 Å². The molecule has 0 bridgehead atoms. The number of aromatic nitrogens is 2. The maximum Gasteiger partial charge on any atom is 0.225 e. The fourth-order valence-electron chi connectivity index (χ4n) is 1.89. The molecule has 1 heterocycles. The monoisotopic (exact) mass is 282 g/mol. The predicted molar refractivity (Wildman–Crippen MR) is 84.9 cm³/mol. The third-order valence-corrected chi connectivity index (χ3v) is 3.86. The van der Waals surface area contributed by atoms with E-state index in [0.717, 1.165) is 43.2 Å². The molecule has 0 amide bonds. The number of rotatable bonds is 9. The highest BCUT2D eigenvalue weighted by Crippen LogP contribution is 2.14. The molecule has 0 aliphatic rings. The summed E-state index contributed by atoms with van der Waals surface area (Å²) in [5.74, 6) is 1.93. The first-order chi connectivity index (χ1) is 9.22. The van der Waals surface area contributed by atoms with Crippen molar-refractivity contribution in [3.8, 4) is 0 Å². The maximum atomic E-state index is 4.47. The smallest absolute Gasteiger partial charge is 0.225 e. The lowest BCUT2D eigenvalue weighted by Gasteiger charge is -2.26. The van der Waals surface area contributed by atoms with Crippen LogP contribution in [0.5, 0.6) is 0 Å². The van der Waals surface area contributed by atoms with E-state index in [1.54, 1.807) is 0 Å². The summed E-state index contributed by atoms with van der Waals surface area (Å²) in [5.41, 5.74) is 1.14. The van der Waals surface area contributed by atoms with Gasteiger partial charge in [-0.3, -0.25) is 0 Å². The van der Waals surface area contributed by atoms with Crippen LogP contribution in [0.15, 0.2) is 12.4 Å². The van der Waals surface area contributed by atoms with Crippen molar-refractivity contribution < 1.29 is 0 Å². The molecule has 19 heavy (non-hydrogen) atoms. The molecule has 5 heteroatoms. The molecule has 0 saturated heterocycles. The van der Waals surface area contributed by atoms with E-state index in [0.29, 0.717) is 6.04 Å². The lowest BCUT2D eigenvalue weighted by atomic mass is 10.2. The van der Waals surface area contributed by atoms with Gasteiger partial charge in [0.25, 0.3) is 0 Å². The van der Waals surface area contributed by atoms with E-state index >= 15 is 0 Å². The molecule has 0 saturated carbocycles. The molecule has 4 nitrogen and oxygen atoms in total. The minimum Gasteiger partial charge on any atom is -0.340 e. The Morgan fingerprint density at radius 1 is 1.32 bits per heavy atom. The molecule has 0 aliphatic heterocycles. The van der Waals surface area contributed by atoms with Crippen LogP contribution >= 0.6 is 11.8 Å². The van der Waals surface area contributed by atoms with E-state index < -0.39 is 0 Å². The van der Waals surface area contributed by atoms with Crippen molar-refractivity contribution in [3.63, 3.8) is 0 Å². The van der Waals surface area contributed by atoms with Gasteiger partial charge in [0, 0.05) is 43.3 Å². The zero-order valence-electron chi connectivity index (χ0n) is 12.5. The van der Waals surface area contributed by atoms with E-state index in [4.69, 9.17) is 0 Å². The van der Waals surface area contributed by atoms with Crippen LogP contribution in [-0.2, 0) is 6.54 Å². The fourth-order valence-corrected chi connectivity index (χ4v) is 2.73. The number of anilines is 1. The zero-order chi connectivity index (χ0) is 14.1. The summed E-state index contributed by atoms with van der Waals surface area (Å²) in [4.78, 5) is 11.1. The summed E-state index contributed by atoms with van der Waals surface area (Å²) < 4.78 is 0. The number of nitrogens with zero attached hydrogens (tertiary/aromatic N) is 3. The number of nitrogens with one attached hydrogen (secondary N) is 1. The van der Waals surface area contributed by atoms with Crippen LogP contribution in [0.4, 0.5) is 5.95 Å². The first-order valence-electron chi connectivity index (χ1n) is 6.96. The van der Waals surface area contributed by atoms with Gasteiger partial charge in [0.2, 0.25) is 5.95 Å². The minimum atomic E-state index is 0.499. The second kappa shape index (κ2) is 9.15. The Hall–Kier alpha value is -0.810. The van der Waals surface area contributed by atoms with E-state index in [9.17, 15) is 0 Å². The molecule has 1 N–H and O–H groups in total. The van der Waals surface area contributed by atoms with Gasteiger partial charge in [0.05, 0.1) is 0 Å². The third kappa shape index (κ3) is 5.37. The van der Waals surface area contributed by atoms with Crippen LogP contribution in [-0.4, -0.2) is 41.6 Å². The summed E-state index contributed by atoms with van der Waals surface area (Å²) in [5, 5.41) is 3.36. The highest BCUT2D eigenvalue weighted by atomic mass is 32.2. The summed E-state index contributed by atoms with van der Waals surface area (Å²) in [6.45, 7) is 6.26. The van der Waals surface area contributed by atoms with Gasteiger partial charge < -0.3 is 10.2 Å².